The number of hydrogen-bond acceptors (Lipinski definition) is 5. The quantitative estimate of drug-likeness (QED) is 0.849. The molecule has 1 aromatic rings. The maximum absolute atomic E-state index is 12.2. The van der Waals surface area contributed by atoms with Crippen molar-refractivity contribution in [3.63, 3.8) is 0 Å². The standard InChI is InChI=1S/C16H23BrN4O2/c1-16(2,3)23-15(22)21-8-10-4-12(5-11(10)9-21)20-14-7-18-13(17)6-19-14/h6-7,10-12H,4-5,8-9H2,1-3H3,(H,19,20)/t10-,11+,12+. The van der Waals surface area contributed by atoms with Crippen LogP contribution in [0.25, 0.3) is 0 Å². The van der Waals surface area contributed by atoms with E-state index in [1.165, 1.54) is 0 Å². The lowest BCUT2D eigenvalue weighted by atomic mass is 10.0. The first kappa shape index (κ1) is 16.5. The second-order valence-electron chi connectivity index (χ2n) is 7.44. The molecule has 1 aromatic heterocycles. The number of ether oxygens (including phenoxy) is 1. The first-order valence-electron chi connectivity index (χ1n) is 8.02. The van der Waals surface area contributed by atoms with E-state index in [-0.39, 0.29) is 6.09 Å². The third kappa shape index (κ3) is 4.13. The Balaban J connectivity index is 1.51. The number of aromatic nitrogens is 2. The van der Waals surface area contributed by atoms with E-state index in [4.69, 9.17) is 4.74 Å². The SMILES string of the molecule is CC(C)(C)OC(=O)N1C[C@H]2C[C@H](Nc3cnc(Br)cn3)C[C@H]2C1. The highest BCUT2D eigenvalue weighted by molar-refractivity contribution is 9.10. The van der Waals surface area contributed by atoms with Crippen LogP contribution in [0.1, 0.15) is 33.6 Å². The Morgan fingerprint density at radius 2 is 1.91 bits per heavy atom. The van der Waals surface area contributed by atoms with Crippen LogP contribution in [0.3, 0.4) is 0 Å². The van der Waals surface area contributed by atoms with Crippen molar-refractivity contribution < 1.29 is 9.53 Å². The van der Waals surface area contributed by atoms with Gasteiger partial charge in [0.2, 0.25) is 0 Å². The Labute approximate surface area is 145 Å². The van der Waals surface area contributed by atoms with Gasteiger partial charge in [-0.25, -0.2) is 14.8 Å². The third-order valence-corrected chi connectivity index (χ3v) is 4.78. The molecular weight excluding hydrogens is 360 g/mol. The van der Waals surface area contributed by atoms with Crippen molar-refractivity contribution in [3.05, 3.63) is 17.0 Å². The van der Waals surface area contributed by atoms with Crippen molar-refractivity contribution in [3.8, 4) is 0 Å². The Morgan fingerprint density at radius 1 is 1.26 bits per heavy atom. The van der Waals surface area contributed by atoms with E-state index < -0.39 is 5.60 Å². The van der Waals surface area contributed by atoms with Crippen molar-refractivity contribution in [2.24, 2.45) is 11.8 Å². The number of rotatable bonds is 2. The van der Waals surface area contributed by atoms with Gasteiger partial charge in [0.05, 0.1) is 12.4 Å². The normalized spacial score (nSPS) is 27.0. The first-order valence-corrected chi connectivity index (χ1v) is 8.81. The molecule has 0 aromatic carbocycles. The molecule has 0 radical (unpaired) electrons. The van der Waals surface area contributed by atoms with E-state index in [1.54, 1.807) is 12.4 Å². The minimum atomic E-state index is -0.431. The molecule has 1 amide bonds. The molecule has 3 atom stereocenters. The number of carbonyl (C=O) groups excluding carboxylic acids is 1. The molecule has 0 spiro atoms. The van der Waals surface area contributed by atoms with E-state index in [9.17, 15) is 4.79 Å². The smallest absolute Gasteiger partial charge is 0.410 e. The number of nitrogens with one attached hydrogen (secondary N) is 1. The van der Waals surface area contributed by atoms with Crippen LogP contribution in [-0.2, 0) is 4.74 Å². The molecule has 2 heterocycles. The summed E-state index contributed by atoms with van der Waals surface area (Å²) < 4.78 is 6.20. The highest BCUT2D eigenvalue weighted by atomic mass is 79.9. The van der Waals surface area contributed by atoms with Gasteiger partial charge < -0.3 is 15.0 Å². The zero-order valence-electron chi connectivity index (χ0n) is 13.8. The lowest BCUT2D eigenvalue weighted by Crippen LogP contribution is -2.36. The average molecular weight is 383 g/mol. The van der Waals surface area contributed by atoms with Gasteiger partial charge in [0.1, 0.15) is 16.0 Å². The number of nitrogens with zero attached hydrogens (tertiary/aromatic N) is 3. The molecule has 1 saturated heterocycles. The molecule has 0 unspecified atom stereocenters. The molecule has 1 N–H and O–H groups in total. The van der Waals surface area contributed by atoms with Crippen molar-refractivity contribution in [1.29, 1.82) is 0 Å². The second-order valence-corrected chi connectivity index (χ2v) is 8.25. The van der Waals surface area contributed by atoms with Crippen LogP contribution in [0.5, 0.6) is 0 Å². The summed E-state index contributed by atoms with van der Waals surface area (Å²) in [6, 6.07) is 0.404. The summed E-state index contributed by atoms with van der Waals surface area (Å²) in [5, 5.41) is 3.45. The van der Waals surface area contributed by atoms with Crippen molar-refractivity contribution in [2.75, 3.05) is 18.4 Å². The van der Waals surface area contributed by atoms with Crippen molar-refractivity contribution in [2.45, 2.75) is 45.3 Å². The number of carbonyl (C=O) groups is 1. The number of hydrogen-bond donors (Lipinski definition) is 1. The Bertz CT molecular complexity index is 558. The van der Waals surface area contributed by atoms with E-state index in [0.717, 1.165) is 36.4 Å². The van der Waals surface area contributed by atoms with Crippen LogP contribution in [0.15, 0.2) is 17.0 Å². The van der Waals surface area contributed by atoms with Crippen molar-refractivity contribution >= 4 is 27.8 Å². The Morgan fingerprint density at radius 3 is 2.43 bits per heavy atom. The van der Waals surface area contributed by atoms with Crippen LogP contribution in [-0.4, -0.2) is 45.7 Å². The molecule has 6 nitrogen and oxygen atoms in total. The van der Waals surface area contributed by atoms with E-state index in [1.807, 2.05) is 25.7 Å². The highest BCUT2D eigenvalue weighted by Gasteiger charge is 2.43. The van der Waals surface area contributed by atoms with Gasteiger partial charge in [-0.2, -0.15) is 0 Å². The first-order chi connectivity index (χ1) is 10.8. The van der Waals surface area contributed by atoms with Crippen LogP contribution in [0.2, 0.25) is 0 Å². The van der Waals surface area contributed by atoms with Gasteiger partial charge >= 0.3 is 6.09 Å². The Hall–Kier alpha value is -1.37. The summed E-state index contributed by atoms with van der Waals surface area (Å²) in [6.45, 7) is 7.30. The monoisotopic (exact) mass is 382 g/mol. The molecule has 2 aliphatic rings. The van der Waals surface area contributed by atoms with Crippen LogP contribution < -0.4 is 5.32 Å². The van der Waals surface area contributed by atoms with Crippen LogP contribution in [0, 0.1) is 11.8 Å². The zero-order chi connectivity index (χ0) is 16.6. The third-order valence-electron chi connectivity index (χ3n) is 4.38. The van der Waals surface area contributed by atoms with E-state index >= 15 is 0 Å². The largest absolute Gasteiger partial charge is 0.444 e. The fourth-order valence-corrected chi connectivity index (χ4v) is 3.69. The van der Waals surface area contributed by atoms with Crippen molar-refractivity contribution in [1.82, 2.24) is 14.9 Å². The maximum Gasteiger partial charge on any atom is 0.410 e. The van der Waals surface area contributed by atoms with Gasteiger partial charge in [-0.05, 0) is 61.4 Å². The van der Waals surface area contributed by atoms with Gasteiger partial charge in [-0.15, -0.1) is 0 Å². The molecule has 1 saturated carbocycles. The van der Waals surface area contributed by atoms with E-state index in [2.05, 4.69) is 31.2 Å². The summed E-state index contributed by atoms with van der Waals surface area (Å²) in [4.78, 5) is 22.5. The average Bonchev–Trinajstić information content (AvgIpc) is 2.97. The summed E-state index contributed by atoms with van der Waals surface area (Å²) in [5.41, 5.74) is -0.431. The number of fused-ring (bicyclic) bond motifs is 1. The summed E-state index contributed by atoms with van der Waals surface area (Å²) in [5.74, 6) is 1.90. The van der Waals surface area contributed by atoms with Gasteiger partial charge in [-0.1, -0.05) is 0 Å². The predicted octanol–water partition coefficient (Wildman–Crippen LogP) is 3.30. The minimum absolute atomic E-state index is 0.185. The molecule has 23 heavy (non-hydrogen) atoms. The zero-order valence-corrected chi connectivity index (χ0v) is 15.3. The number of likely N-dealkylation sites (tertiary alicyclic amines) is 1. The number of amides is 1. The molecule has 126 valence electrons. The number of halogens is 1. The molecule has 1 aliphatic heterocycles. The summed E-state index contributed by atoms with van der Waals surface area (Å²) >= 11 is 3.29. The maximum atomic E-state index is 12.2. The predicted molar refractivity (Wildman–Crippen MR) is 91.2 cm³/mol. The minimum Gasteiger partial charge on any atom is -0.444 e. The Kier molecular flexibility index (Phi) is 4.49. The van der Waals surface area contributed by atoms with Crippen LogP contribution in [0.4, 0.5) is 10.6 Å². The molecule has 7 heteroatoms. The van der Waals surface area contributed by atoms with Gasteiger partial charge in [-0.3, -0.25) is 0 Å². The summed E-state index contributed by atoms with van der Waals surface area (Å²) in [6.07, 6.45) is 5.37. The molecule has 1 aliphatic carbocycles. The molecular formula is C16H23BrN4O2. The fraction of sp³-hybridized carbons (Fsp3) is 0.688. The second kappa shape index (κ2) is 6.26. The van der Waals surface area contributed by atoms with Gasteiger partial charge in [0.25, 0.3) is 0 Å². The lowest BCUT2D eigenvalue weighted by molar-refractivity contribution is 0.0280. The fourth-order valence-electron chi connectivity index (χ4n) is 3.49. The topological polar surface area (TPSA) is 67.3 Å². The summed E-state index contributed by atoms with van der Waals surface area (Å²) in [7, 11) is 0. The molecule has 3 rings (SSSR count). The van der Waals surface area contributed by atoms with Gasteiger partial charge in [0, 0.05) is 19.1 Å². The van der Waals surface area contributed by atoms with Gasteiger partial charge in [0.15, 0.2) is 0 Å². The lowest BCUT2D eigenvalue weighted by Gasteiger charge is -2.25. The van der Waals surface area contributed by atoms with E-state index in [0.29, 0.717) is 17.9 Å². The number of anilines is 1. The van der Waals surface area contributed by atoms with Crippen LogP contribution >= 0.6 is 15.9 Å². The molecule has 2 fully saturated rings. The molecule has 0 bridgehead atoms. The highest BCUT2D eigenvalue weighted by Crippen LogP contribution is 2.39.